The fraction of sp³-hybridized carbons (Fsp3) is 0.0909. The minimum atomic E-state index is -1.01. The van der Waals surface area contributed by atoms with Gasteiger partial charge >= 0.3 is 5.97 Å². The zero-order chi connectivity index (χ0) is 10.8. The van der Waals surface area contributed by atoms with Gasteiger partial charge in [-0.1, -0.05) is 18.2 Å². The second-order valence-electron chi connectivity index (χ2n) is 3.26. The molecule has 4 nitrogen and oxygen atoms in total. The van der Waals surface area contributed by atoms with Crippen molar-refractivity contribution in [2.45, 2.75) is 6.92 Å². The van der Waals surface area contributed by atoms with Crippen molar-refractivity contribution in [3.05, 3.63) is 48.0 Å². The van der Waals surface area contributed by atoms with E-state index in [2.05, 4.69) is 4.98 Å². The van der Waals surface area contributed by atoms with E-state index in [0.717, 1.165) is 11.3 Å². The monoisotopic (exact) mass is 202 g/mol. The Balaban J connectivity index is 2.46. The summed E-state index contributed by atoms with van der Waals surface area (Å²) in [7, 11) is 0. The first kappa shape index (κ1) is 9.45. The van der Waals surface area contributed by atoms with E-state index in [9.17, 15) is 4.79 Å². The third kappa shape index (κ3) is 1.74. The number of aromatic nitrogens is 2. The predicted octanol–water partition coefficient (Wildman–Crippen LogP) is 1.88. The molecule has 1 N–H and O–H groups in total. The van der Waals surface area contributed by atoms with Gasteiger partial charge in [0.25, 0.3) is 0 Å². The van der Waals surface area contributed by atoms with Crippen LogP contribution in [0, 0.1) is 6.92 Å². The number of carboxylic acid groups (broad SMARTS) is 1. The molecule has 0 aliphatic heterocycles. The molecule has 1 aromatic carbocycles. The van der Waals surface area contributed by atoms with E-state index in [4.69, 9.17) is 5.11 Å². The fourth-order valence-electron chi connectivity index (χ4n) is 1.42. The Morgan fingerprint density at radius 3 is 2.73 bits per heavy atom. The lowest BCUT2D eigenvalue weighted by atomic mass is 10.2. The average molecular weight is 202 g/mol. The molecular formula is C11H10N2O2. The summed E-state index contributed by atoms with van der Waals surface area (Å²) in [6, 6.07) is 7.73. The van der Waals surface area contributed by atoms with Gasteiger partial charge in [0.1, 0.15) is 6.33 Å². The van der Waals surface area contributed by atoms with Crippen molar-refractivity contribution in [3.8, 4) is 5.69 Å². The lowest BCUT2D eigenvalue weighted by Gasteiger charge is -2.04. The summed E-state index contributed by atoms with van der Waals surface area (Å²) in [5, 5.41) is 8.74. The summed E-state index contributed by atoms with van der Waals surface area (Å²) in [5.74, 6) is -1.01. The van der Waals surface area contributed by atoms with Crippen LogP contribution in [-0.2, 0) is 0 Å². The van der Waals surface area contributed by atoms with Crippen LogP contribution in [0.1, 0.15) is 16.1 Å². The maximum absolute atomic E-state index is 10.7. The molecule has 0 aliphatic carbocycles. The predicted molar refractivity (Wildman–Crippen MR) is 55.3 cm³/mol. The zero-order valence-electron chi connectivity index (χ0n) is 8.21. The van der Waals surface area contributed by atoms with Gasteiger partial charge in [-0.15, -0.1) is 0 Å². The molecule has 0 bridgehead atoms. The van der Waals surface area contributed by atoms with Gasteiger partial charge in [0.05, 0.1) is 0 Å². The minimum Gasteiger partial charge on any atom is -0.476 e. The highest BCUT2D eigenvalue weighted by molar-refractivity contribution is 5.85. The molecule has 0 fully saturated rings. The van der Waals surface area contributed by atoms with Crippen molar-refractivity contribution in [1.82, 2.24) is 9.55 Å². The number of hydrogen-bond acceptors (Lipinski definition) is 2. The number of carboxylic acids is 1. The van der Waals surface area contributed by atoms with Gasteiger partial charge in [-0.3, -0.25) is 0 Å². The summed E-state index contributed by atoms with van der Waals surface area (Å²) in [5.41, 5.74) is 2.07. The Hall–Kier alpha value is -2.10. The van der Waals surface area contributed by atoms with Crippen LogP contribution in [0.25, 0.3) is 5.69 Å². The second kappa shape index (κ2) is 3.57. The molecule has 2 rings (SSSR count). The number of rotatable bonds is 2. The van der Waals surface area contributed by atoms with Crippen LogP contribution < -0.4 is 0 Å². The van der Waals surface area contributed by atoms with E-state index in [1.807, 2.05) is 31.2 Å². The van der Waals surface area contributed by atoms with Crippen molar-refractivity contribution in [1.29, 1.82) is 0 Å². The highest BCUT2D eigenvalue weighted by Gasteiger charge is 2.07. The van der Waals surface area contributed by atoms with Crippen molar-refractivity contribution in [2.75, 3.05) is 0 Å². The van der Waals surface area contributed by atoms with Gasteiger partial charge < -0.3 is 9.67 Å². The molecule has 15 heavy (non-hydrogen) atoms. The van der Waals surface area contributed by atoms with Gasteiger partial charge in [0, 0.05) is 11.9 Å². The number of aryl methyl sites for hydroxylation is 1. The number of hydrogen-bond donors (Lipinski definition) is 1. The van der Waals surface area contributed by atoms with E-state index in [1.165, 1.54) is 12.5 Å². The first-order valence-corrected chi connectivity index (χ1v) is 4.52. The Kier molecular flexibility index (Phi) is 2.25. The smallest absolute Gasteiger partial charge is 0.356 e. The summed E-state index contributed by atoms with van der Waals surface area (Å²) in [6.07, 6.45) is 3.01. The number of nitrogens with zero attached hydrogens (tertiary/aromatic N) is 2. The largest absolute Gasteiger partial charge is 0.476 e. The minimum absolute atomic E-state index is 0.0539. The van der Waals surface area contributed by atoms with Crippen LogP contribution in [0.3, 0.4) is 0 Å². The molecule has 0 saturated carbocycles. The molecule has 0 amide bonds. The lowest BCUT2D eigenvalue weighted by molar-refractivity contribution is 0.0691. The summed E-state index contributed by atoms with van der Waals surface area (Å²) < 4.78 is 1.71. The molecule has 2 aromatic rings. The average Bonchev–Trinajstić information content (AvgIpc) is 2.67. The Morgan fingerprint density at radius 1 is 1.40 bits per heavy atom. The van der Waals surface area contributed by atoms with Crippen molar-refractivity contribution >= 4 is 5.97 Å². The van der Waals surface area contributed by atoms with Gasteiger partial charge in [0.2, 0.25) is 0 Å². The van der Waals surface area contributed by atoms with E-state index in [-0.39, 0.29) is 5.69 Å². The lowest BCUT2D eigenvalue weighted by Crippen LogP contribution is -1.96. The van der Waals surface area contributed by atoms with Gasteiger partial charge in [-0.25, -0.2) is 9.78 Å². The van der Waals surface area contributed by atoms with Crippen LogP contribution in [0.5, 0.6) is 0 Å². The normalized spacial score (nSPS) is 10.2. The number of aromatic carboxylic acids is 1. The molecule has 0 radical (unpaired) electrons. The van der Waals surface area contributed by atoms with Crippen LogP contribution in [0.15, 0.2) is 36.8 Å². The topological polar surface area (TPSA) is 55.1 Å². The molecule has 4 heteroatoms. The molecule has 1 aromatic heterocycles. The highest BCUT2D eigenvalue weighted by Crippen LogP contribution is 2.13. The number of imidazole rings is 1. The molecule has 0 aliphatic rings. The van der Waals surface area contributed by atoms with Crippen LogP contribution in [0.4, 0.5) is 0 Å². The second-order valence-corrected chi connectivity index (χ2v) is 3.26. The van der Waals surface area contributed by atoms with Crippen molar-refractivity contribution in [3.63, 3.8) is 0 Å². The van der Waals surface area contributed by atoms with Crippen LogP contribution in [0.2, 0.25) is 0 Å². The van der Waals surface area contributed by atoms with Crippen molar-refractivity contribution < 1.29 is 9.90 Å². The first-order valence-electron chi connectivity index (χ1n) is 4.52. The molecule has 0 spiro atoms. The summed E-state index contributed by atoms with van der Waals surface area (Å²) >= 11 is 0. The molecular weight excluding hydrogens is 192 g/mol. The quantitative estimate of drug-likeness (QED) is 0.808. The molecule has 0 unspecified atom stereocenters. The van der Waals surface area contributed by atoms with Gasteiger partial charge in [-0.05, 0) is 18.6 Å². The molecule has 0 atom stereocenters. The Bertz CT molecular complexity index is 503. The zero-order valence-corrected chi connectivity index (χ0v) is 8.21. The van der Waals surface area contributed by atoms with Gasteiger partial charge in [-0.2, -0.15) is 0 Å². The molecule has 0 saturated heterocycles. The third-order valence-electron chi connectivity index (χ3n) is 2.20. The standard InChI is InChI=1S/C11H10N2O2/c1-8-4-2-3-5-10(8)13-6-9(11(14)15)12-7-13/h2-7H,1H3,(H,14,15). The Labute approximate surface area is 86.8 Å². The Morgan fingerprint density at radius 2 is 2.13 bits per heavy atom. The SMILES string of the molecule is Cc1ccccc1-n1cnc(C(=O)O)c1. The van der Waals surface area contributed by atoms with E-state index in [0.29, 0.717) is 0 Å². The number of benzene rings is 1. The van der Waals surface area contributed by atoms with Crippen LogP contribution >= 0.6 is 0 Å². The van der Waals surface area contributed by atoms with Gasteiger partial charge in [0.15, 0.2) is 5.69 Å². The number of para-hydroxylation sites is 1. The van der Waals surface area contributed by atoms with E-state index < -0.39 is 5.97 Å². The molecule has 76 valence electrons. The van der Waals surface area contributed by atoms with Crippen LogP contribution in [-0.4, -0.2) is 20.6 Å². The summed E-state index contributed by atoms with van der Waals surface area (Å²) in [4.78, 5) is 14.5. The maximum atomic E-state index is 10.7. The van der Waals surface area contributed by atoms with Crippen molar-refractivity contribution in [2.24, 2.45) is 0 Å². The highest BCUT2D eigenvalue weighted by atomic mass is 16.4. The van der Waals surface area contributed by atoms with E-state index in [1.54, 1.807) is 4.57 Å². The maximum Gasteiger partial charge on any atom is 0.356 e. The summed E-state index contributed by atoms with van der Waals surface area (Å²) in [6.45, 7) is 1.97. The number of carbonyl (C=O) groups is 1. The van der Waals surface area contributed by atoms with E-state index >= 15 is 0 Å². The first-order chi connectivity index (χ1) is 7.18. The molecule has 1 heterocycles. The fourth-order valence-corrected chi connectivity index (χ4v) is 1.42. The third-order valence-corrected chi connectivity index (χ3v) is 2.20.